The minimum atomic E-state index is -0.307. The summed E-state index contributed by atoms with van der Waals surface area (Å²) in [6.45, 7) is 0.242. The highest BCUT2D eigenvalue weighted by Crippen LogP contribution is 2.44. The van der Waals surface area contributed by atoms with E-state index >= 15 is 0 Å². The molecule has 0 unspecified atom stereocenters. The first-order valence-corrected chi connectivity index (χ1v) is 11.5. The number of nitrogens with two attached hydrogens (primary N) is 1. The molecule has 168 valence electrons. The van der Waals surface area contributed by atoms with Crippen LogP contribution in [-0.4, -0.2) is 35.7 Å². The van der Waals surface area contributed by atoms with Crippen molar-refractivity contribution in [3.63, 3.8) is 0 Å². The number of anilines is 1. The lowest BCUT2D eigenvalue weighted by molar-refractivity contribution is 0.0618. The van der Waals surface area contributed by atoms with E-state index in [0.29, 0.717) is 44.0 Å². The highest BCUT2D eigenvalue weighted by atomic mass is 79.9. The van der Waals surface area contributed by atoms with Gasteiger partial charge in [0.1, 0.15) is 11.9 Å². The van der Waals surface area contributed by atoms with E-state index in [0.717, 1.165) is 12.8 Å². The zero-order chi connectivity index (χ0) is 23.7. The second-order valence-corrected chi connectivity index (χ2v) is 8.95. The second kappa shape index (κ2) is 9.11. The van der Waals surface area contributed by atoms with E-state index in [1.807, 2.05) is 0 Å². The molecule has 4 heterocycles. The number of hydrogen-bond donors (Lipinski definition) is 1. The Morgan fingerprint density at radius 2 is 1.97 bits per heavy atom. The third-order valence-corrected chi connectivity index (χ3v) is 6.33. The molecule has 1 amide bonds. The van der Waals surface area contributed by atoms with Crippen molar-refractivity contribution in [1.29, 1.82) is 5.26 Å². The molecular formula is C24H19BrN8O. The number of nitrogens with zero attached hydrogens (tertiary/aromatic N) is 7. The third-order valence-electron chi connectivity index (χ3n) is 5.70. The van der Waals surface area contributed by atoms with Gasteiger partial charge in [-0.05, 0) is 65.0 Å². The van der Waals surface area contributed by atoms with Gasteiger partial charge in [0, 0.05) is 30.2 Å². The number of nitriles is 1. The molecule has 0 spiro atoms. The Hall–Kier alpha value is -3.97. The maximum atomic E-state index is 13.9. The Balaban J connectivity index is 1.56. The lowest BCUT2D eigenvalue weighted by Crippen LogP contribution is -2.37. The Labute approximate surface area is 203 Å². The van der Waals surface area contributed by atoms with Gasteiger partial charge in [0.2, 0.25) is 0 Å². The molecule has 5 rings (SSSR count). The summed E-state index contributed by atoms with van der Waals surface area (Å²) in [5, 5.41) is 9.79. The number of carbonyl (C=O) groups is 1. The van der Waals surface area contributed by atoms with Gasteiger partial charge in [0.25, 0.3) is 5.91 Å². The molecule has 0 aliphatic heterocycles. The lowest BCUT2D eigenvalue weighted by Gasteiger charge is -2.31. The summed E-state index contributed by atoms with van der Waals surface area (Å²) in [7, 11) is 0. The van der Waals surface area contributed by atoms with Crippen molar-refractivity contribution in [2.45, 2.75) is 25.4 Å². The fourth-order valence-corrected chi connectivity index (χ4v) is 4.21. The number of aromatic nitrogens is 5. The van der Waals surface area contributed by atoms with Gasteiger partial charge in [-0.1, -0.05) is 0 Å². The van der Waals surface area contributed by atoms with Crippen LogP contribution in [0.2, 0.25) is 0 Å². The zero-order valence-corrected chi connectivity index (χ0v) is 19.6. The van der Waals surface area contributed by atoms with Gasteiger partial charge in [-0.3, -0.25) is 9.78 Å². The van der Waals surface area contributed by atoms with Gasteiger partial charge in [0.15, 0.2) is 11.5 Å². The predicted molar refractivity (Wildman–Crippen MR) is 128 cm³/mol. The third kappa shape index (κ3) is 4.43. The largest absolute Gasteiger partial charge is 0.383 e. The number of hydrogen-bond acceptors (Lipinski definition) is 8. The standard InChI is InChI=1S/C24H19BrN8O/c25-19-9-16-8-17(12-31-22(16)32-21(19)27)24(34)33(13-18-5-2-14(10-26)11-30-18)20(15-3-4-15)23-28-6-1-7-29-23/h1-2,5-9,11-12,15,20H,3-4,13H2,(H2,27,31,32)/t20-/m1/s1. The highest BCUT2D eigenvalue weighted by Gasteiger charge is 2.40. The van der Waals surface area contributed by atoms with Crippen LogP contribution in [0.4, 0.5) is 5.82 Å². The van der Waals surface area contributed by atoms with Crippen LogP contribution in [0.5, 0.6) is 0 Å². The maximum Gasteiger partial charge on any atom is 0.256 e. The van der Waals surface area contributed by atoms with Crippen LogP contribution in [-0.2, 0) is 6.54 Å². The normalized spacial score (nSPS) is 13.9. The van der Waals surface area contributed by atoms with Crippen LogP contribution in [0, 0.1) is 17.2 Å². The first-order valence-electron chi connectivity index (χ1n) is 10.7. The molecule has 0 radical (unpaired) electrons. The molecule has 0 bridgehead atoms. The van der Waals surface area contributed by atoms with Gasteiger partial charge >= 0.3 is 0 Å². The average Bonchev–Trinajstić information content (AvgIpc) is 3.70. The molecule has 34 heavy (non-hydrogen) atoms. The number of carbonyl (C=O) groups excluding carboxylic acids is 1. The zero-order valence-electron chi connectivity index (χ0n) is 18.0. The molecule has 1 saturated carbocycles. The van der Waals surface area contributed by atoms with Crippen molar-refractivity contribution >= 4 is 38.7 Å². The van der Waals surface area contributed by atoms with E-state index in [2.05, 4.69) is 46.9 Å². The first-order chi connectivity index (χ1) is 16.5. The molecular weight excluding hydrogens is 496 g/mol. The SMILES string of the molecule is N#Cc1ccc(CN(C(=O)c2cnc3nc(N)c(Br)cc3c2)[C@@H](c2ncccn2)C2CC2)nc1. The van der Waals surface area contributed by atoms with Gasteiger partial charge in [-0.25, -0.2) is 19.9 Å². The minimum Gasteiger partial charge on any atom is -0.383 e. The van der Waals surface area contributed by atoms with Gasteiger partial charge < -0.3 is 10.6 Å². The molecule has 10 heteroatoms. The van der Waals surface area contributed by atoms with E-state index < -0.39 is 0 Å². The molecule has 1 aliphatic carbocycles. The van der Waals surface area contributed by atoms with Gasteiger partial charge in [-0.2, -0.15) is 5.26 Å². The number of pyridine rings is 3. The van der Waals surface area contributed by atoms with Crippen molar-refractivity contribution in [2.75, 3.05) is 5.73 Å². The Morgan fingerprint density at radius 3 is 2.65 bits per heavy atom. The van der Waals surface area contributed by atoms with Crippen LogP contribution in [0.15, 0.2) is 59.6 Å². The fraction of sp³-hybridized carbons (Fsp3) is 0.208. The second-order valence-electron chi connectivity index (χ2n) is 8.10. The van der Waals surface area contributed by atoms with Crippen LogP contribution >= 0.6 is 15.9 Å². The summed E-state index contributed by atoms with van der Waals surface area (Å²) in [6, 6.07) is 10.5. The Kier molecular flexibility index (Phi) is 5.86. The van der Waals surface area contributed by atoms with Crippen molar-refractivity contribution in [2.24, 2.45) is 5.92 Å². The Morgan fingerprint density at radius 1 is 1.18 bits per heavy atom. The molecule has 9 nitrogen and oxygen atoms in total. The van der Waals surface area contributed by atoms with E-state index in [1.54, 1.807) is 47.6 Å². The molecule has 1 aliphatic rings. The van der Waals surface area contributed by atoms with Crippen molar-refractivity contribution in [1.82, 2.24) is 29.8 Å². The quantitative estimate of drug-likeness (QED) is 0.410. The van der Waals surface area contributed by atoms with Crippen LogP contribution < -0.4 is 5.73 Å². The minimum absolute atomic E-state index is 0.210. The summed E-state index contributed by atoms with van der Waals surface area (Å²) >= 11 is 3.39. The van der Waals surface area contributed by atoms with Gasteiger partial charge in [-0.15, -0.1) is 0 Å². The fourth-order valence-electron chi connectivity index (χ4n) is 3.87. The van der Waals surface area contributed by atoms with E-state index in [1.165, 1.54) is 12.4 Å². The highest BCUT2D eigenvalue weighted by molar-refractivity contribution is 9.10. The predicted octanol–water partition coefficient (Wildman–Crippen LogP) is 3.82. The Bertz CT molecular complexity index is 1400. The number of halogens is 1. The average molecular weight is 515 g/mol. The molecule has 0 saturated heterocycles. The van der Waals surface area contributed by atoms with Crippen molar-refractivity contribution in [3.8, 4) is 6.07 Å². The summed E-state index contributed by atoms with van der Waals surface area (Å²) in [6.07, 6.45) is 8.37. The first kappa shape index (κ1) is 21.9. The number of rotatable bonds is 6. The number of nitrogen functional groups attached to an aromatic ring is 1. The number of amides is 1. The summed E-state index contributed by atoms with van der Waals surface area (Å²) in [4.78, 5) is 37.6. The van der Waals surface area contributed by atoms with E-state index in [4.69, 9.17) is 11.0 Å². The number of fused-ring (bicyclic) bond motifs is 1. The molecule has 2 N–H and O–H groups in total. The van der Waals surface area contributed by atoms with Gasteiger partial charge in [0.05, 0.1) is 33.9 Å². The van der Waals surface area contributed by atoms with E-state index in [-0.39, 0.29) is 24.4 Å². The van der Waals surface area contributed by atoms with Crippen LogP contribution in [0.3, 0.4) is 0 Å². The lowest BCUT2D eigenvalue weighted by atomic mass is 10.1. The molecule has 4 aromatic heterocycles. The van der Waals surface area contributed by atoms with Crippen molar-refractivity contribution < 1.29 is 4.79 Å². The monoisotopic (exact) mass is 514 g/mol. The summed E-state index contributed by atoms with van der Waals surface area (Å²) in [5.74, 6) is 0.979. The molecule has 1 fully saturated rings. The summed E-state index contributed by atoms with van der Waals surface area (Å²) < 4.78 is 0.638. The van der Waals surface area contributed by atoms with E-state index in [9.17, 15) is 4.79 Å². The molecule has 0 aromatic carbocycles. The molecule has 4 aromatic rings. The maximum absolute atomic E-state index is 13.9. The van der Waals surface area contributed by atoms with Crippen LogP contribution in [0.25, 0.3) is 11.0 Å². The summed E-state index contributed by atoms with van der Waals surface area (Å²) in [5.41, 5.74) is 7.87. The smallest absolute Gasteiger partial charge is 0.256 e. The molecule has 1 atom stereocenters. The van der Waals surface area contributed by atoms with Crippen LogP contribution in [0.1, 0.15) is 46.3 Å². The topological polar surface area (TPSA) is 135 Å². The van der Waals surface area contributed by atoms with Crippen molar-refractivity contribution in [3.05, 3.63) is 82.2 Å².